The average Bonchev–Trinajstić information content (AvgIpc) is 2.70. The molecule has 0 aliphatic heterocycles. The van der Waals surface area contributed by atoms with Crippen LogP contribution in [0.3, 0.4) is 0 Å². The molecule has 7 heteroatoms. The number of rotatable bonds is 5. The summed E-state index contributed by atoms with van der Waals surface area (Å²) in [6, 6.07) is 3.19. The zero-order valence-corrected chi connectivity index (χ0v) is 10.8. The van der Waals surface area contributed by atoms with Gasteiger partial charge >= 0.3 is 0 Å². The van der Waals surface area contributed by atoms with Gasteiger partial charge < -0.3 is 5.32 Å². The molecule has 0 radical (unpaired) electrons. The van der Waals surface area contributed by atoms with Gasteiger partial charge in [0.2, 0.25) is 5.91 Å². The lowest BCUT2D eigenvalue weighted by atomic mass is 10.5. The minimum absolute atomic E-state index is 0.159. The number of sulfonamides is 1. The Balaban J connectivity index is 2.74. The molecule has 0 aromatic carbocycles. The van der Waals surface area contributed by atoms with Crippen LogP contribution in [0.4, 0.5) is 0 Å². The Morgan fingerprint density at radius 1 is 1.56 bits per heavy atom. The molecule has 1 N–H and O–H groups in total. The number of hydrogen-bond donors (Lipinski definition) is 1. The van der Waals surface area contributed by atoms with Crippen LogP contribution in [0.25, 0.3) is 0 Å². The van der Waals surface area contributed by atoms with Crippen LogP contribution in [0.2, 0.25) is 0 Å². The Labute approximate surface area is 99.1 Å². The second kappa shape index (κ2) is 5.42. The highest BCUT2D eigenvalue weighted by molar-refractivity contribution is 7.91. The minimum atomic E-state index is -3.52. The van der Waals surface area contributed by atoms with Crippen LogP contribution in [-0.2, 0) is 14.8 Å². The number of nitrogens with zero attached hydrogens (tertiary/aromatic N) is 1. The summed E-state index contributed by atoms with van der Waals surface area (Å²) in [6.07, 6.45) is 0. The lowest BCUT2D eigenvalue weighted by Crippen LogP contribution is -2.37. The number of likely N-dealkylation sites (N-methyl/N-ethyl adjacent to an activating group) is 2. The molecule has 0 spiro atoms. The number of amides is 1. The van der Waals surface area contributed by atoms with E-state index in [1.54, 1.807) is 18.4 Å². The van der Waals surface area contributed by atoms with E-state index in [0.717, 1.165) is 15.6 Å². The van der Waals surface area contributed by atoms with Crippen molar-refractivity contribution in [1.82, 2.24) is 9.62 Å². The monoisotopic (exact) mass is 262 g/mol. The van der Waals surface area contributed by atoms with Gasteiger partial charge in [0.15, 0.2) is 0 Å². The highest BCUT2D eigenvalue weighted by Crippen LogP contribution is 2.19. The van der Waals surface area contributed by atoms with Crippen molar-refractivity contribution in [3.05, 3.63) is 17.5 Å². The molecule has 0 saturated heterocycles. The molecule has 0 unspecified atom stereocenters. The van der Waals surface area contributed by atoms with Crippen LogP contribution < -0.4 is 5.32 Å². The van der Waals surface area contributed by atoms with Gasteiger partial charge in [0, 0.05) is 13.6 Å². The second-order valence-electron chi connectivity index (χ2n) is 3.15. The number of thiophene rings is 1. The maximum absolute atomic E-state index is 11.9. The first kappa shape index (κ1) is 13.1. The van der Waals surface area contributed by atoms with Gasteiger partial charge in [-0.25, -0.2) is 8.42 Å². The topological polar surface area (TPSA) is 66.5 Å². The highest BCUT2D eigenvalue weighted by atomic mass is 32.2. The van der Waals surface area contributed by atoms with E-state index in [0.29, 0.717) is 6.54 Å². The lowest BCUT2D eigenvalue weighted by molar-refractivity contribution is -0.121. The van der Waals surface area contributed by atoms with E-state index in [1.807, 2.05) is 0 Å². The van der Waals surface area contributed by atoms with E-state index in [-0.39, 0.29) is 16.7 Å². The predicted octanol–water partition coefficient (Wildman–Crippen LogP) is 0.505. The summed E-state index contributed by atoms with van der Waals surface area (Å²) < 4.78 is 25.1. The smallest absolute Gasteiger partial charge is 0.252 e. The quantitative estimate of drug-likeness (QED) is 0.840. The second-order valence-corrected chi connectivity index (χ2v) is 6.37. The van der Waals surface area contributed by atoms with E-state index < -0.39 is 10.0 Å². The van der Waals surface area contributed by atoms with Crippen LogP contribution in [0.15, 0.2) is 21.7 Å². The molecule has 0 saturated carbocycles. The van der Waals surface area contributed by atoms with Crippen LogP contribution >= 0.6 is 11.3 Å². The van der Waals surface area contributed by atoms with Crippen molar-refractivity contribution >= 4 is 27.3 Å². The van der Waals surface area contributed by atoms with Gasteiger partial charge in [-0.15, -0.1) is 11.3 Å². The number of hydrogen-bond acceptors (Lipinski definition) is 4. The van der Waals surface area contributed by atoms with Gasteiger partial charge in [0.1, 0.15) is 4.21 Å². The average molecular weight is 262 g/mol. The van der Waals surface area contributed by atoms with Crippen LogP contribution in [-0.4, -0.2) is 38.8 Å². The van der Waals surface area contributed by atoms with E-state index in [4.69, 9.17) is 0 Å². The highest BCUT2D eigenvalue weighted by Gasteiger charge is 2.23. The lowest BCUT2D eigenvalue weighted by Gasteiger charge is -2.15. The molecule has 0 fully saturated rings. The molecule has 16 heavy (non-hydrogen) atoms. The molecule has 1 aromatic heterocycles. The van der Waals surface area contributed by atoms with Crippen molar-refractivity contribution in [3.63, 3.8) is 0 Å². The van der Waals surface area contributed by atoms with Gasteiger partial charge in [-0.05, 0) is 18.4 Å². The fraction of sp³-hybridized carbons (Fsp3) is 0.444. The van der Waals surface area contributed by atoms with Crippen LogP contribution in [0.1, 0.15) is 6.92 Å². The van der Waals surface area contributed by atoms with Gasteiger partial charge in [-0.2, -0.15) is 4.31 Å². The van der Waals surface area contributed by atoms with Crippen molar-refractivity contribution < 1.29 is 13.2 Å². The number of carbonyl (C=O) groups is 1. The molecule has 1 heterocycles. The Morgan fingerprint density at radius 2 is 2.25 bits per heavy atom. The van der Waals surface area contributed by atoms with Crippen molar-refractivity contribution in [2.75, 3.05) is 20.1 Å². The number of carbonyl (C=O) groups excluding carboxylic acids is 1. The fourth-order valence-electron chi connectivity index (χ4n) is 1.10. The molecule has 0 atom stereocenters. The number of nitrogens with one attached hydrogen (secondary N) is 1. The van der Waals surface area contributed by atoms with Crippen molar-refractivity contribution in [3.8, 4) is 0 Å². The first-order valence-corrected chi connectivity index (χ1v) is 7.07. The molecule has 90 valence electrons. The maximum atomic E-state index is 11.9. The van der Waals surface area contributed by atoms with E-state index in [2.05, 4.69) is 5.32 Å². The largest absolute Gasteiger partial charge is 0.355 e. The van der Waals surface area contributed by atoms with Gasteiger partial charge in [-0.1, -0.05) is 6.07 Å². The Bertz CT molecular complexity index is 439. The normalized spacial score (nSPS) is 11.7. The van der Waals surface area contributed by atoms with Gasteiger partial charge in [0.25, 0.3) is 10.0 Å². The fourth-order valence-corrected chi connectivity index (χ4v) is 3.43. The van der Waals surface area contributed by atoms with Gasteiger partial charge in [0.05, 0.1) is 6.54 Å². The third-order valence-corrected chi connectivity index (χ3v) is 5.08. The predicted molar refractivity (Wildman–Crippen MR) is 62.8 cm³/mol. The van der Waals surface area contributed by atoms with E-state index in [1.165, 1.54) is 13.1 Å². The minimum Gasteiger partial charge on any atom is -0.355 e. The van der Waals surface area contributed by atoms with Crippen molar-refractivity contribution in [2.45, 2.75) is 11.1 Å². The molecular weight excluding hydrogens is 248 g/mol. The van der Waals surface area contributed by atoms with E-state index in [9.17, 15) is 13.2 Å². The summed E-state index contributed by atoms with van der Waals surface area (Å²) in [6.45, 7) is 2.12. The molecule has 1 aromatic rings. The first-order valence-electron chi connectivity index (χ1n) is 4.75. The standard InChI is InChI=1S/C9H14N2O3S2/c1-3-10-8(12)7-11(2)16(13,14)9-5-4-6-15-9/h4-6H,3,7H2,1-2H3,(H,10,12). The summed E-state index contributed by atoms with van der Waals surface area (Å²) in [5.41, 5.74) is 0. The summed E-state index contributed by atoms with van der Waals surface area (Å²) in [5.74, 6) is -0.301. The van der Waals surface area contributed by atoms with Gasteiger partial charge in [-0.3, -0.25) is 4.79 Å². The molecule has 5 nitrogen and oxygen atoms in total. The molecule has 0 aliphatic carbocycles. The summed E-state index contributed by atoms with van der Waals surface area (Å²) >= 11 is 1.14. The molecule has 0 aliphatic rings. The summed E-state index contributed by atoms with van der Waals surface area (Å²) in [5, 5.41) is 4.24. The van der Waals surface area contributed by atoms with Crippen LogP contribution in [0, 0.1) is 0 Å². The van der Waals surface area contributed by atoms with E-state index >= 15 is 0 Å². The SMILES string of the molecule is CCNC(=O)CN(C)S(=O)(=O)c1cccs1. The van der Waals surface area contributed by atoms with Crippen molar-refractivity contribution in [1.29, 1.82) is 0 Å². The van der Waals surface area contributed by atoms with Crippen molar-refractivity contribution in [2.24, 2.45) is 0 Å². The van der Waals surface area contributed by atoms with Crippen LogP contribution in [0.5, 0.6) is 0 Å². The third kappa shape index (κ3) is 3.03. The third-order valence-electron chi connectivity index (χ3n) is 1.90. The Morgan fingerprint density at radius 3 is 2.75 bits per heavy atom. The molecule has 0 bridgehead atoms. The maximum Gasteiger partial charge on any atom is 0.252 e. The zero-order chi connectivity index (χ0) is 12.2. The molecule has 1 amide bonds. The molecule has 1 rings (SSSR count). The summed E-state index contributed by atoms with van der Waals surface area (Å²) in [4.78, 5) is 11.3. The summed E-state index contributed by atoms with van der Waals surface area (Å²) in [7, 11) is -2.12. The Hall–Kier alpha value is -0.920. The Kier molecular flexibility index (Phi) is 4.45. The zero-order valence-electron chi connectivity index (χ0n) is 9.13. The molecular formula is C9H14N2O3S2. The first-order chi connectivity index (χ1) is 7.48.